The number of furan rings is 1. The number of para-hydroxylation sites is 1. The van der Waals surface area contributed by atoms with Crippen LogP contribution in [0.2, 0.25) is 4.34 Å². The fourth-order valence-electron chi connectivity index (χ4n) is 2.40. The lowest BCUT2D eigenvalue weighted by Crippen LogP contribution is -2.22. The second-order valence-electron chi connectivity index (χ2n) is 4.83. The van der Waals surface area contributed by atoms with Gasteiger partial charge in [0, 0.05) is 16.7 Å². The van der Waals surface area contributed by atoms with Crippen molar-refractivity contribution >= 4 is 49.8 Å². The van der Waals surface area contributed by atoms with Gasteiger partial charge in [-0.3, -0.25) is 0 Å². The minimum absolute atomic E-state index is 0.156. The van der Waals surface area contributed by atoms with E-state index in [0.29, 0.717) is 0 Å². The molecule has 0 radical (unpaired) electrons. The summed E-state index contributed by atoms with van der Waals surface area (Å²) in [6.07, 6.45) is 0.878. The molecule has 1 N–H and O–H groups in total. The summed E-state index contributed by atoms with van der Waals surface area (Å²) in [5.41, 5.74) is 0.902. The normalized spacial score (nSPS) is 12.9. The molecule has 1 atom stereocenters. The maximum Gasteiger partial charge on any atom is 0.148 e. The van der Waals surface area contributed by atoms with Gasteiger partial charge in [0.05, 0.1) is 14.9 Å². The number of likely N-dealkylation sites (N-methyl/N-ethyl adjacent to an activating group) is 1. The maximum atomic E-state index is 6.05. The van der Waals surface area contributed by atoms with Crippen LogP contribution in [-0.2, 0) is 6.42 Å². The number of rotatable bonds is 5. The van der Waals surface area contributed by atoms with E-state index < -0.39 is 0 Å². The molecule has 1 aromatic carbocycles. The molecule has 0 amide bonds. The Labute approximate surface area is 141 Å². The van der Waals surface area contributed by atoms with Crippen LogP contribution in [0.25, 0.3) is 11.0 Å². The molecule has 5 heteroatoms. The van der Waals surface area contributed by atoms with E-state index in [4.69, 9.17) is 16.0 Å². The summed E-state index contributed by atoms with van der Waals surface area (Å²) in [4.78, 5) is 1.26. The Hall–Kier alpha value is -0.810. The van der Waals surface area contributed by atoms with E-state index in [-0.39, 0.29) is 6.04 Å². The van der Waals surface area contributed by atoms with Crippen LogP contribution in [0, 0.1) is 0 Å². The van der Waals surface area contributed by atoms with E-state index in [0.717, 1.165) is 38.5 Å². The predicted octanol–water partition coefficient (Wildman–Crippen LogP) is 5.80. The van der Waals surface area contributed by atoms with Crippen molar-refractivity contribution in [3.8, 4) is 0 Å². The van der Waals surface area contributed by atoms with Crippen LogP contribution in [0.4, 0.5) is 0 Å². The lowest BCUT2D eigenvalue weighted by molar-refractivity contribution is 0.436. The third kappa shape index (κ3) is 3.34. The summed E-state index contributed by atoms with van der Waals surface area (Å²) in [6.45, 7) is 3.00. The highest BCUT2D eigenvalue weighted by molar-refractivity contribution is 9.10. The molecule has 3 rings (SSSR count). The van der Waals surface area contributed by atoms with E-state index in [9.17, 15) is 0 Å². The molecule has 0 saturated carbocycles. The fourth-order valence-corrected chi connectivity index (χ4v) is 4.00. The lowest BCUT2D eigenvalue weighted by atomic mass is 10.1. The van der Waals surface area contributed by atoms with Gasteiger partial charge in [-0.1, -0.05) is 30.7 Å². The lowest BCUT2D eigenvalue weighted by Gasteiger charge is -2.14. The van der Waals surface area contributed by atoms with Crippen molar-refractivity contribution in [1.82, 2.24) is 5.32 Å². The van der Waals surface area contributed by atoms with E-state index >= 15 is 0 Å². The van der Waals surface area contributed by atoms with Crippen molar-refractivity contribution in [3.63, 3.8) is 0 Å². The third-order valence-electron chi connectivity index (χ3n) is 3.34. The van der Waals surface area contributed by atoms with Crippen LogP contribution >= 0.6 is 38.9 Å². The molecular weight excluding hydrogens is 370 g/mol. The first kappa shape index (κ1) is 15.1. The van der Waals surface area contributed by atoms with Crippen LogP contribution < -0.4 is 5.32 Å². The van der Waals surface area contributed by atoms with E-state index in [1.807, 2.05) is 18.2 Å². The average molecular weight is 385 g/mol. The molecule has 3 aromatic rings. The summed E-state index contributed by atoms with van der Waals surface area (Å²) < 4.78 is 7.87. The smallest absolute Gasteiger partial charge is 0.148 e. The van der Waals surface area contributed by atoms with Gasteiger partial charge in [-0.15, -0.1) is 11.3 Å². The van der Waals surface area contributed by atoms with Gasteiger partial charge in [-0.2, -0.15) is 0 Å². The monoisotopic (exact) mass is 383 g/mol. The van der Waals surface area contributed by atoms with E-state index in [1.165, 1.54) is 4.88 Å². The predicted molar refractivity (Wildman–Crippen MR) is 93.4 cm³/mol. The Bertz CT molecular complexity index is 752. The highest BCUT2D eigenvalue weighted by Crippen LogP contribution is 2.32. The van der Waals surface area contributed by atoms with Gasteiger partial charge in [0.15, 0.2) is 0 Å². The molecule has 0 aliphatic rings. The van der Waals surface area contributed by atoms with Gasteiger partial charge in [-0.25, -0.2) is 0 Å². The minimum Gasteiger partial charge on any atom is -0.458 e. The Kier molecular flexibility index (Phi) is 4.69. The van der Waals surface area contributed by atoms with Crippen molar-refractivity contribution in [2.24, 2.45) is 0 Å². The quantitative estimate of drug-likeness (QED) is 0.601. The first-order valence-electron chi connectivity index (χ1n) is 6.83. The standard InChI is InChI=1S/C16H15BrClNOS/c1-2-19-13(9-11-6-7-15(18)21-11)14-8-10-4-3-5-12(17)16(10)20-14/h3-8,13,19H,2,9H2,1H3. The molecule has 0 spiro atoms. The van der Waals surface area contributed by atoms with Crippen molar-refractivity contribution in [1.29, 1.82) is 0 Å². The van der Waals surface area contributed by atoms with Crippen LogP contribution in [0.15, 0.2) is 45.3 Å². The molecule has 0 fully saturated rings. The van der Waals surface area contributed by atoms with Crippen LogP contribution in [0.3, 0.4) is 0 Å². The molecule has 0 aliphatic carbocycles. The van der Waals surface area contributed by atoms with Gasteiger partial charge in [0.2, 0.25) is 0 Å². The fraction of sp³-hybridized carbons (Fsp3) is 0.250. The SMILES string of the molecule is CCNC(Cc1ccc(Cl)s1)c1cc2cccc(Br)c2o1. The first-order valence-corrected chi connectivity index (χ1v) is 8.81. The minimum atomic E-state index is 0.156. The van der Waals surface area contributed by atoms with Crippen molar-refractivity contribution in [2.45, 2.75) is 19.4 Å². The Morgan fingerprint density at radius 3 is 2.86 bits per heavy atom. The first-order chi connectivity index (χ1) is 10.2. The molecule has 110 valence electrons. The molecule has 2 aromatic heterocycles. The molecular formula is C16H15BrClNOS. The summed E-state index contributed by atoms with van der Waals surface area (Å²) in [5, 5.41) is 4.61. The van der Waals surface area contributed by atoms with Crippen molar-refractivity contribution < 1.29 is 4.42 Å². The number of hydrogen-bond acceptors (Lipinski definition) is 3. The van der Waals surface area contributed by atoms with Gasteiger partial charge in [0.1, 0.15) is 11.3 Å². The molecule has 21 heavy (non-hydrogen) atoms. The summed E-state index contributed by atoms with van der Waals surface area (Å²) in [7, 11) is 0. The topological polar surface area (TPSA) is 25.2 Å². The highest BCUT2D eigenvalue weighted by Gasteiger charge is 2.18. The largest absolute Gasteiger partial charge is 0.458 e. The number of nitrogens with one attached hydrogen (secondary N) is 1. The van der Waals surface area contributed by atoms with Gasteiger partial charge in [0.25, 0.3) is 0 Å². The highest BCUT2D eigenvalue weighted by atomic mass is 79.9. The van der Waals surface area contributed by atoms with E-state index in [1.54, 1.807) is 11.3 Å². The second-order valence-corrected chi connectivity index (χ2v) is 7.48. The summed E-state index contributed by atoms with van der Waals surface area (Å²) >= 11 is 11.2. The molecule has 0 saturated heterocycles. The number of halogens is 2. The maximum absolute atomic E-state index is 6.05. The number of thiophene rings is 1. The van der Waals surface area contributed by atoms with Crippen molar-refractivity contribution in [2.75, 3.05) is 6.54 Å². The number of hydrogen-bond donors (Lipinski definition) is 1. The van der Waals surface area contributed by atoms with Gasteiger partial charge < -0.3 is 9.73 Å². The third-order valence-corrected chi connectivity index (χ3v) is 5.22. The van der Waals surface area contributed by atoms with Crippen LogP contribution in [0.1, 0.15) is 23.6 Å². The van der Waals surface area contributed by atoms with Crippen LogP contribution in [-0.4, -0.2) is 6.54 Å². The summed E-state index contributed by atoms with van der Waals surface area (Å²) in [5.74, 6) is 0.961. The Morgan fingerprint density at radius 1 is 1.33 bits per heavy atom. The average Bonchev–Trinajstić information content (AvgIpc) is 3.05. The Balaban J connectivity index is 1.93. The van der Waals surface area contributed by atoms with Crippen LogP contribution in [0.5, 0.6) is 0 Å². The zero-order valence-electron chi connectivity index (χ0n) is 11.5. The molecule has 2 nitrogen and oxygen atoms in total. The van der Waals surface area contributed by atoms with E-state index in [2.05, 4.69) is 46.4 Å². The zero-order chi connectivity index (χ0) is 14.8. The molecule has 2 heterocycles. The molecule has 0 aliphatic heterocycles. The van der Waals surface area contributed by atoms with Crippen molar-refractivity contribution in [3.05, 3.63) is 55.8 Å². The molecule has 1 unspecified atom stereocenters. The second kappa shape index (κ2) is 6.53. The van der Waals surface area contributed by atoms with Gasteiger partial charge >= 0.3 is 0 Å². The van der Waals surface area contributed by atoms with Gasteiger partial charge in [-0.05, 0) is 46.7 Å². The number of benzene rings is 1. The molecule has 0 bridgehead atoms. The Morgan fingerprint density at radius 2 is 2.19 bits per heavy atom. The number of fused-ring (bicyclic) bond motifs is 1. The summed E-state index contributed by atoms with van der Waals surface area (Å²) in [6, 6.07) is 12.4. The zero-order valence-corrected chi connectivity index (χ0v) is 14.7.